The first-order chi connectivity index (χ1) is 17.0. The molecule has 1 aliphatic carbocycles. The van der Waals surface area contributed by atoms with E-state index >= 15 is 0 Å². The van der Waals surface area contributed by atoms with Gasteiger partial charge in [0.05, 0.1) is 20.0 Å². The van der Waals surface area contributed by atoms with Crippen LogP contribution in [0.3, 0.4) is 0 Å². The number of carbonyl (C=O) groups excluding carboxylic acids is 1. The summed E-state index contributed by atoms with van der Waals surface area (Å²) in [6, 6.07) is 10.1. The molecule has 5 nitrogen and oxygen atoms in total. The molecule has 0 spiro atoms. The largest absolute Gasteiger partial charge is 0.496 e. The summed E-state index contributed by atoms with van der Waals surface area (Å²) in [6.45, 7) is 7.20. The van der Waals surface area contributed by atoms with Crippen LogP contribution in [-0.4, -0.2) is 26.2 Å². The third-order valence-electron chi connectivity index (χ3n) is 6.63. The van der Waals surface area contributed by atoms with Gasteiger partial charge in [0.15, 0.2) is 0 Å². The Hall–Kier alpha value is -3.47. The molecular weight excluding hydrogens is 438 g/mol. The zero-order chi connectivity index (χ0) is 24.8. The number of allylic oxidation sites excluding steroid dienone is 2. The second-order valence-electron chi connectivity index (χ2n) is 9.04. The molecule has 1 aromatic heterocycles. The van der Waals surface area contributed by atoms with Crippen molar-refractivity contribution in [3.8, 4) is 22.6 Å². The zero-order valence-corrected chi connectivity index (χ0v) is 21.2. The van der Waals surface area contributed by atoms with E-state index in [0.717, 1.165) is 69.6 Å². The van der Waals surface area contributed by atoms with Crippen molar-refractivity contribution in [1.29, 1.82) is 0 Å². The second kappa shape index (κ2) is 11.3. The fourth-order valence-electron chi connectivity index (χ4n) is 4.80. The number of ether oxygens (including phenoxy) is 2. The number of furan rings is 1. The Kier molecular flexibility index (Phi) is 7.96. The molecule has 0 atom stereocenters. The molecular formula is C30H35NO4. The van der Waals surface area contributed by atoms with Gasteiger partial charge < -0.3 is 19.2 Å². The van der Waals surface area contributed by atoms with E-state index in [-0.39, 0.29) is 5.91 Å². The third kappa shape index (κ3) is 5.61. The van der Waals surface area contributed by atoms with Crippen LogP contribution in [0.5, 0.6) is 11.5 Å². The smallest absolute Gasteiger partial charge is 0.244 e. The van der Waals surface area contributed by atoms with Crippen molar-refractivity contribution in [2.75, 3.05) is 20.3 Å². The summed E-state index contributed by atoms with van der Waals surface area (Å²) in [5.74, 6) is 1.48. The van der Waals surface area contributed by atoms with Crippen LogP contribution in [0.2, 0.25) is 0 Å². The molecule has 0 unspecified atom stereocenters. The van der Waals surface area contributed by atoms with Crippen LogP contribution in [-0.2, 0) is 4.79 Å². The average molecular weight is 474 g/mol. The molecule has 1 N–H and O–H groups in total. The van der Waals surface area contributed by atoms with Crippen LogP contribution in [0.25, 0.3) is 27.7 Å². The van der Waals surface area contributed by atoms with E-state index in [1.807, 2.05) is 45.0 Å². The maximum absolute atomic E-state index is 12.7. The van der Waals surface area contributed by atoms with Gasteiger partial charge in [-0.1, -0.05) is 23.8 Å². The number of rotatable bonds is 9. The number of hydrogen-bond acceptors (Lipinski definition) is 4. The van der Waals surface area contributed by atoms with Crippen molar-refractivity contribution in [2.24, 2.45) is 0 Å². The fourth-order valence-corrected chi connectivity index (χ4v) is 4.80. The lowest BCUT2D eigenvalue weighted by Crippen LogP contribution is -2.23. The van der Waals surface area contributed by atoms with E-state index in [2.05, 4.69) is 17.5 Å². The molecule has 0 fully saturated rings. The molecule has 1 heterocycles. The Labute approximate surface area is 207 Å². The zero-order valence-electron chi connectivity index (χ0n) is 21.2. The van der Waals surface area contributed by atoms with E-state index in [1.54, 1.807) is 19.4 Å². The Morgan fingerprint density at radius 2 is 2.00 bits per heavy atom. The number of benzene rings is 2. The quantitative estimate of drug-likeness (QED) is 0.263. The standard InChI is InChI=1S/C30H35NO4/c1-5-34-24-13-11-23(12-14-24)27-19-35-30-21(3)29(33-4)25(18-26(27)30)20(2)17-28(32)31-16-15-22-9-7-6-8-10-22/h9,11-14,17-19H,5-8,10,15-16H2,1-4H3,(H,31,32)/b20-17+. The summed E-state index contributed by atoms with van der Waals surface area (Å²) in [6.07, 6.45) is 11.5. The molecule has 4 rings (SSSR count). The fraction of sp³-hybridized carbons (Fsp3) is 0.367. The minimum atomic E-state index is -0.0855. The number of nitrogens with one attached hydrogen (secondary N) is 1. The van der Waals surface area contributed by atoms with Crippen LogP contribution in [0.4, 0.5) is 0 Å². The van der Waals surface area contributed by atoms with E-state index in [9.17, 15) is 4.79 Å². The van der Waals surface area contributed by atoms with Crippen LogP contribution < -0.4 is 14.8 Å². The molecule has 1 amide bonds. The Bertz CT molecular complexity index is 1250. The highest BCUT2D eigenvalue weighted by molar-refractivity contribution is 6.01. The van der Waals surface area contributed by atoms with Gasteiger partial charge >= 0.3 is 0 Å². The first kappa shape index (κ1) is 24.6. The number of methoxy groups -OCH3 is 1. The van der Waals surface area contributed by atoms with Crippen molar-refractivity contribution in [3.05, 3.63) is 65.4 Å². The lowest BCUT2D eigenvalue weighted by atomic mass is 9.96. The van der Waals surface area contributed by atoms with Gasteiger partial charge in [0.2, 0.25) is 5.91 Å². The first-order valence-electron chi connectivity index (χ1n) is 12.5. The predicted octanol–water partition coefficient (Wildman–Crippen LogP) is 7.23. The number of amides is 1. The highest BCUT2D eigenvalue weighted by atomic mass is 16.5. The topological polar surface area (TPSA) is 60.7 Å². The maximum atomic E-state index is 12.7. The van der Waals surface area contributed by atoms with Crippen molar-refractivity contribution in [1.82, 2.24) is 5.32 Å². The SMILES string of the molecule is CCOc1ccc(-c2coc3c(C)c(OC)c(/C(C)=C/C(=O)NCCC4=CCCCC4)cc23)cc1. The molecule has 5 heteroatoms. The van der Waals surface area contributed by atoms with E-state index < -0.39 is 0 Å². The number of aryl methyl sites for hydroxylation is 1. The summed E-state index contributed by atoms with van der Waals surface area (Å²) in [7, 11) is 1.65. The molecule has 0 bridgehead atoms. The molecule has 2 aromatic carbocycles. The summed E-state index contributed by atoms with van der Waals surface area (Å²) in [5, 5.41) is 4.03. The Balaban J connectivity index is 1.60. The Morgan fingerprint density at radius 3 is 2.69 bits per heavy atom. The van der Waals surface area contributed by atoms with Gasteiger partial charge in [-0.3, -0.25) is 4.79 Å². The molecule has 35 heavy (non-hydrogen) atoms. The van der Waals surface area contributed by atoms with E-state index in [0.29, 0.717) is 13.2 Å². The Morgan fingerprint density at radius 1 is 1.20 bits per heavy atom. The molecule has 3 aromatic rings. The van der Waals surface area contributed by atoms with Crippen LogP contribution in [0.15, 0.2) is 58.7 Å². The van der Waals surface area contributed by atoms with Gasteiger partial charge in [-0.25, -0.2) is 0 Å². The van der Waals surface area contributed by atoms with E-state index in [4.69, 9.17) is 13.9 Å². The van der Waals surface area contributed by atoms with Gasteiger partial charge in [0.25, 0.3) is 0 Å². The number of carbonyl (C=O) groups is 1. The molecule has 0 aliphatic heterocycles. The molecule has 1 aliphatic rings. The monoisotopic (exact) mass is 473 g/mol. The van der Waals surface area contributed by atoms with Gasteiger partial charge in [0, 0.05) is 34.7 Å². The number of hydrogen-bond donors (Lipinski definition) is 1. The normalized spacial score (nSPS) is 14.1. The minimum Gasteiger partial charge on any atom is -0.496 e. The van der Waals surface area contributed by atoms with Gasteiger partial charge in [-0.2, -0.15) is 0 Å². The van der Waals surface area contributed by atoms with Gasteiger partial charge in [0.1, 0.15) is 17.1 Å². The van der Waals surface area contributed by atoms with Gasteiger partial charge in [-0.15, -0.1) is 0 Å². The molecule has 0 radical (unpaired) electrons. The lowest BCUT2D eigenvalue weighted by Gasteiger charge is -2.14. The van der Waals surface area contributed by atoms with E-state index in [1.165, 1.54) is 18.4 Å². The van der Waals surface area contributed by atoms with Crippen molar-refractivity contribution in [2.45, 2.75) is 52.9 Å². The van der Waals surface area contributed by atoms with Gasteiger partial charge in [-0.05, 0) is 82.2 Å². The maximum Gasteiger partial charge on any atom is 0.244 e. The predicted molar refractivity (Wildman–Crippen MR) is 142 cm³/mol. The summed E-state index contributed by atoms with van der Waals surface area (Å²) in [4.78, 5) is 12.7. The second-order valence-corrected chi connectivity index (χ2v) is 9.04. The average Bonchev–Trinajstić information content (AvgIpc) is 3.29. The van der Waals surface area contributed by atoms with Crippen LogP contribution in [0, 0.1) is 6.92 Å². The minimum absolute atomic E-state index is 0.0855. The summed E-state index contributed by atoms with van der Waals surface area (Å²) < 4.78 is 17.3. The van der Waals surface area contributed by atoms with Crippen molar-refractivity contribution >= 4 is 22.4 Å². The van der Waals surface area contributed by atoms with Crippen molar-refractivity contribution in [3.63, 3.8) is 0 Å². The molecule has 0 saturated carbocycles. The number of fused-ring (bicyclic) bond motifs is 1. The highest BCUT2D eigenvalue weighted by Crippen LogP contribution is 2.40. The first-order valence-corrected chi connectivity index (χ1v) is 12.5. The molecule has 184 valence electrons. The third-order valence-corrected chi connectivity index (χ3v) is 6.63. The highest BCUT2D eigenvalue weighted by Gasteiger charge is 2.19. The van der Waals surface area contributed by atoms with Crippen LogP contribution in [0.1, 0.15) is 57.1 Å². The molecule has 0 saturated heterocycles. The van der Waals surface area contributed by atoms with Crippen LogP contribution >= 0.6 is 0 Å². The summed E-state index contributed by atoms with van der Waals surface area (Å²) >= 11 is 0. The van der Waals surface area contributed by atoms with Crippen molar-refractivity contribution < 1.29 is 18.7 Å². The lowest BCUT2D eigenvalue weighted by molar-refractivity contribution is -0.116. The summed E-state index contributed by atoms with van der Waals surface area (Å²) in [5.41, 5.74) is 6.92.